The van der Waals surface area contributed by atoms with Crippen LogP contribution in [0, 0.1) is 0 Å². The van der Waals surface area contributed by atoms with Gasteiger partial charge in [0.15, 0.2) is 0 Å². The summed E-state index contributed by atoms with van der Waals surface area (Å²) in [5.74, 6) is 0. The Kier molecular flexibility index (Phi) is 7.20. The van der Waals surface area contributed by atoms with E-state index in [0.29, 0.717) is 6.04 Å². The third-order valence-electron chi connectivity index (χ3n) is 2.66. The Morgan fingerprint density at radius 3 is 2.43 bits per heavy atom. The van der Waals surface area contributed by atoms with E-state index in [2.05, 4.69) is 39.9 Å². The molecule has 2 heteroatoms. The van der Waals surface area contributed by atoms with Gasteiger partial charge in [-0.3, -0.25) is 0 Å². The number of nitrogens with one attached hydrogen (secondary N) is 1. The Bertz CT molecular complexity index is 134. The number of ether oxygens (including phenoxy) is 1. The van der Waals surface area contributed by atoms with Gasteiger partial charge < -0.3 is 10.1 Å². The van der Waals surface area contributed by atoms with Gasteiger partial charge in [-0.1, -0.05) is 20.3 Å². The van der Waals surface area contributed by atoms with Crippen LogP contribution in [0.4, 0.5) is 0 Å². The SMILES string of the molecule is CCCC(C)NCCOC(C)(C)CC. The van der Waals surface area contributed by atoms with Crippen LogP contribution >= 0.6 is 0 Å². The predicted octanol–water partition coefficient (Wildman–Crippen LogP) is 2.97. The molecule has 86 valence electrons. The lowest BCUT2D eigenvalue weighted by Gasteiger charge is -2.24. The zero-order valence-corrected chi connectivity index (χ0v) is 10.5. The summed E-state index contributed by atoms with van der Waals surface area (Å²) in [4.78, 5) is 0. The second-order valence-electron chi connectivity index (χ2n) is 4.61. The number of hydrogen-bond donors (Lipinski definition) is 1. The standard InChI is InChI=1S/C12H27NO/c1-6-8-11(3)13-9-10-14-12(4,5)7-2/h11,13H,6-10H2,1-5H3. The molecule has 1 unspecified atom stereocenters. The van der Waals surface area contributed by atoms with E-state index in [-0.39, 0.29) is 5.60 Å². The molecule has 0 spiro atoms. The van der Waals surface area contributed by atoms with Crippen molar-refractivity contribution >= 4 is 0 Å². The van der Waals surface area contributed by atoms with Gasteiger partial charge in [0.2, 0.25) is 0 Å². The van der Waals surface area contributed by atoms with E-state index in [1.54, 1.807) is 0 Å². The second-order valence-corrected chi connectivity index (χ2v) is 4.61. The Morgan fingerprint density at radius 2 is 1.93 bits per heavy atom. The molecule has 0 aromatic rings. The lowest BCUT2D eigenvalue weighted by Crippen LogP contribution is -2.32. The fraction of sp³-hybridized carbons (Fsp3) is 1.00. The Labute approximate surface area is 89.4 Å². The van der Waals surface area contributed by atoms with Crippen molar-refractivity contribution in [3.8, 4) is 0 Å². The molecule has 0 radical (unpaired) electrons. The molecule has 0 fully saturated rings. The van der Waals surface area contributed by atoms with Crippen LogP contribution in [0.3, 0.4) is 0 Å². The van der Waals surface area contributed by atoms with Gasteiger partial charge in [0.05, 0.1) is 12.2 Å². The molecule has 0 aromatic carbocycles. The van der Waals surface area contributed by atoms with Crippen LogP contribution in [0.25, 0.3) is 0 Å². The van der Waals surface area contributed by atoms with Gasteiger partial charge in [0.1, 0.15) is 0 Å². The van der Waals surface area contributed by atoms with E-state index in [0.717, 1.165) is 19.6 Å². The average molecular weight is 201 g/mol. The van der Waals surface area contributed by atoms with Gasteiger partial charge in [0, 0.05) is 12.6 Å². The van der Waals surface area contributed by atoms with Gasteiger partial charge in [0.25, 0.3) is 0 Å². The number of hydrogen-bond acceptors (Lipinski definition) is 2. The Morgan fingerprint density at radius 1 is 1.29 bits per heavy atom. The Hall–Kier alpha value is -0.0800. The van der Waals surface area contributed by atoms with Crippen molar-refractivity contribution in [3.05, 3.63) is 0 Å². The molecule has 1 N–H and O–H groups in total. The molecule has 0 aliphatic carbocycles. The highest BCUT2D eigenvalue weighted by atomic mass is 16.5. The van der Waals surface area contributed by atoms with Crippen LogP contribution in [0.15, 0.2) is 0 Å². The Balaban J connectivity index is 3.37. The van der Waals surface area contributed by atoms with Crippen LogP contribution in [0.5, 0.6) is 0 Å². The first-order valence-corrected chi connectivity index (χ1v) is 5.89. The molecule has 14 heavy (non-hydrogen) atoms. The fourth-order valence-electron chi connectivity index (χ4n) is 1.27. The topological polar surface area (TPSA) is 21.3 Å². The smallest absolute Gasteiger partial charge is 0.0624 e. The minimum Gasteiger partial charge on any atom is -0.374 e. The van der Waals surface area contributed by atoms with Crippen molar-refractivity contribution in [2.75, 3.05) is 13.2 Å². The monoisotopic (exact) mass is 201 g/mol. The normalized spacial score (nSPS) is 14.4. The molecule has 1 atom stereocenters. The molecule has 0 amide bonds. The molecule has 0 bridgehead atoms. The fourth-order valence-corrected chi connectivity index (χ4v) is 1.27. The van der Waals surface area contributed by atoms with E-state index in [1.807, 2.05) is 0 Å². The molecule has 0 rings (SSSR count). The first-order valence-electron chi connectivity index (χ1n) is 5.89. The summed E-state index contributed by atoms with van der Waals surface area (Å²) in [7, 11) is 0. The van der Waals surface area contributed by atoms with E-state index in [9.17, 15) is 0 Å². The van der Waals surface area contributed by atoms with Crippen LogP contribution in [-0.2, 0) is 4.74 Å². The van der Waals surface area contributed by atoms with Gasteiger partial charge in [-0.15, -0.1) is 0 Å². The minimum absolute atomic E-state index is 0.0374. The quantitative estimate of drug-likeness (QED) is 0.610. The maximum atomic E-state index is 5.74. The second kappa shape index (κ2) is 7.24. The molecule has 0 heterocycles. The summed E-state index contributed by atoms with van der Waals surface area (Å²) < 4.78 is 5.74. The zero-order valence-electron chi connectivity index (χ0n) is 10.5. The maximum absolute atomic E-state index is 5.74. The van der Waals surface area contributed by atoms with Crippen molar-refractivity contribution in [2.45, 2.75) is 65.5 Å². The summed E-state index contributed by atoms with van der Waals surface area (Å²) in [6.45, 7) is 12.7. The first kappa shape index (κ1) is 13.9. The van der Waals surface area contributed by atoms with Gasteiger partial charge in [-0.05, 0) is 33.6 Å². The molecule has 0 aromatic heterocycles. The molecule has 0 aliphatic rings. The summed E-state index contributed by atoms with van der Waals surface area (Å²) >= 11 is 0. The number of rotatable bonds is 8. The molecule has 0 saturated carbocycles. The summed E-state index contributed by atoms with van der Waals surface area (Å²) in [6, 6.07) is 0.619. The third-order valence-corrected chi connectivity index (χ3v) is 2.66. The maximum Gasteiger partial charge on any atom is 0.0624 e. The third kappa shape index (κ3) is 7.34. The van der Waals surface area contributed by atoms with E-state index >= 15 is 0 Å². The lowest BCUT2D eigenvalue weighted by atomic mass is 10.1. The van der Waals surface area contributed by atoms with Crippen molar-refractivity contribution in [2.24, 2.45) is 0 Å². The van der Waals surface area contributed by atoms with Crippen LogP contribution in [-0.4, -0.2) is 24.8 Å². The minimum atomic E-state index is 0.0374. The van der Waals surface area contributed by atoms with Crippen LogP contribution in [0.2, 0.25) is 0 Å². The van der Waals surface area contributed by atoms with Crippen molar-refractivity contribution < 1.29 is 4.74 Å². The highest BCUT2D eigenvalue weighted by molar-refractivity contribution is 4.66. The molecule has 0 aliphatic heterocycles. The van der Waals surface area contributed by atoms with Crippen molar-refractivity contribution in [3.63, 3.8) is 0 Å². The largest absolute Gasteiger partial charge is 0.374 e. The van der Waals surface area contributed by atoms with Crippen molar-refractivity contribution in [1.29, 1.82) is 0 Å². The predicted molar refractivity (Wildman–Crippen MR) is 62.7 cm³/mol. The zero-order chi connectivity index (χ0) is 11.0. The van der Waals surface area contributed by atoms with Gasteiger partial charge in [-0.25, -0.2) is 0 Å². The van der Waals surface area contributed by atoms with E-state index in [4.69, 9.17) is 4.74 Å². The van der Waals surface area contributed by atoms with E-state index < -0.39 is 0 Å². The first-order chi connectivity index (χ1) is 6.52. The highest BCUT2D eigenvalue weighted by Gasteiger charge is 2.14. The average Bonchev–Trinajstić information content (AvgIpc) is 2.13. The molecular weight excluding hydrogens is 174 g/mol. The van der Waals surface area contributed by atoms with Crippen LogP contribution < -0.4 is 5.32 Å². The van der Waals surface area contributed by atoms with Crippen LogP contribution in [0.1, 0.15) is 53.9 Å². The molecule has 0 saturated heterocycles. The summed E-state index contributed by atoms with van der Waals surface area (Å²) in [6.07, 6.45) is 3.56. The summed E-state index contributed by atoms with van der Waals surface area (Å²) in [5.41, 5.74) is 0.0374. The molecular formula is C12H27NO. The van der Waals surface area contributed by atoms with Crippen molar-refractivity contribution in [1.82, 2.24) is 5.32 Å². The lowest BCUT2D eigenvalue weighted by molar-refractivity contribution is -0.0186. The highest BCUT2D eigenvalue weighted by Crippen LogP contribution is 2.12. The van der Waals surface area contributed by atoms with Gasteiger partial charge >= 0.3 is 0 Å². The summed E-state index contributed by atoms with van der Waals surface area (Å²) in [5, 5.41) is 3.46. The molecule has 2 nitrogen and oxygen atoms in total. The van der Waals surface area contributed by atoms with Gasteiger partial charge in [-0.2, -0.15) is 0 Å². The van der Waals surface area contributed by atoms with E-state index in [1.165, 1.54) is 12.8 Å².